The van der Waals surface area contributed by atoms with Crippen LogP contribution in [0.3, 0.4) is 0 Å². The first kappa shape index (κ1) is 16.6. The second kappa shape index (κ2) is 7.49. The average molecular weight is 572 g/mol. The Bertz CT molecular complexity index is 699. The highest BCUT2D eigenvalue weighted by Crippen LogP contribution is 2.26. The zero-order valence-corrected chi connectivity index (χ0v) is 16.2. The van der Waals surface area contributed by atoms with Crippen LogP contribution in [0.5, 0.6) is 5.75 Å². The van der Waals surface area contributed by atoms with E-state index in [0.29, 0.717) is 5.56 Å². The van der Waals surface area contributed by atoms with E-state index in [1.807, 2.05) is 45.2 Å². The lowest BCUT2D eigenvalue weighted by Gasteiger charge is -2.02. The summed E-state index contributed by atoms with van der Waals surface area (Å²) >= 11 is 7.32. The minimum Gasteiger partial charge on any atom is -0.506 e. The van der Waals surface area contributed by atoms with E-state index < -0.39 is 0 Å². The molecule has 1 heterocycles. The quantitative estimate of drug-likeness (QED) is 0.336. The van der Waals surface area contributed by atoms with E-state index in [1.165, 1.54) is 12.4 Å². The molecule has 5 nitrogen and oxygen atoms in total. The van der Waals surface area contributed by atoms with Crippen molar-refractivity contribution in [1.29, 1.82) is 0 Å². The van der Waals surface area contributed by atoms with Crippen LogP contribution in [0.25, 0.3) is 0 Å². The number of carbonyl (C=O) groups excluding carboxylic acids is 1. The van der Waals surface area contributed by atoms with E-state index in [4.69, 9.17) is 0 Å². The maximum atomic E-state index is 11.8. The lowest BCUT2D eigenvalue weighted by Crippen LogP contribution is -2.17. The van der Waals surface area contributed by atoms with Crippen LogP contribution < -0.4 is 5.43 Å². The van der Waals surface area contributed by atoms with Gasteiger partial charge in [-0.3, -0.25) is 9.78 Å². The van der Waals surface area contributed by atoms with Gasteiger partial charge in [-0.2, -0.15) is 5.10 Å². The second-order valence-corrected chi connectivity index (χ2v) is 7.16. The summed E-state index contributed by atoms with van der Waals surface area (Å²) in [4.78, 5) is 15.8. The smallest absolute Gasteiger partial charge is 0.272 e. The van der Waals surface area contributed by atoms with Crippen LogP contribution >= 0.6 is 61.1 Å². The number of aromatic hydroxyl groups is 1. The molecule has 0 aliphatic heterocycles. The van der Waals surface area contributed by atoms with Crippen molar-refractivity contribution in [1.82, 2.24) is 10.4 Å². The maximum absolute atomic E-state index is 11.8. The molecule has 1 aromatic carbocycles. The third-order valence-corrected chi connectivity index (χ3v) is 4.46. The molecule has 8 heteroatoms. The van der Waals surface area contributed by atoms with Crippen LogP contribution in [0.15, 0.2) is 40.2 Å². The van der Waals surface area contributed by atoms with Crippen molar-refractivity contribution >= 4 is 73.2 Å². The molecule has 2 rings (SSSR count). The third-order valence-electron chi connectivity index (χ3n) is 2.39. The van der Waals surface area contributed by atoms with Gasteiger partial charge in [0.15, 0.2) is 0 Å². The summed E-state index contributed by atoms with van der Waals surface area (Å²) in [7, 11) is 0. The molecule has 2 N–H and O–H groups in total. The predicted molar refractivity (Wildman–Crippen MR) is 101 cm³/mol. The number of phenols is 1. The van der Waals surface area contributed by atoms with Crippen LogP contribution in [-0.4, -0.2) is 22.2 Å². The summed E-state index contributed by atoms with van der Waals surface area (Å²) in [6, 6.07) is 5.20. The van der Waals surface area contributed by atoms with Gasteiger partial charge in [-0.25, -0.2) is 5.43 Å². The molecule has 0 spiro atoms. The maximum Gasteiger partial charge on any atom is 0.272 e. The number of halogens is 3. The van der Waals surface area contributed by atoms with E-state index in [9.17, 15) is 9.90 Å². The fourth-order valence-electron chi connectivity index (χ4n) is 1.43. The zero-order chi connectivity index (χ0) is 15.4. The van der Waals surface area contributed by atoms with E-state index >= 15 is 0 Å². The normalized spacial score (nSPS) is 10.8. The molecule has 0 saturated carbocycles. The SMILES string of the molecule is O=C(N/N=C/c1cc(I)c(O)c(I)c1)c1cncc(Br)c1. The Morgan fingerprint density at radius 3 is 2.57 bits per heavy atom. The monoisotopic (exact) mass is 571 g/mol. The molecule has 0 fully saturated rings. The molecule has 2 aromatic rings. The van der Waals surface area contributed by atoms with Crippen molar-refractivity contribution in [2.45, 2.75) is 0 Å². The Balaban J connectivity index is 2.07. The summed E-state index contributed by atoms with van der Waals surface area (Å²) in [5.41, 5.74) is 3.63. The van der Waals surface area contributed by atoms with Crippen molar-refractivity contribution in [3.05, 3.63) is 53.3 Å². The van der Waals surface area contributed by atoms with E-state index in [2.05, 4.69) is 31.4 Å². The minimum atomic E-state index is -0.344. The van der Waals surface area contributed by atoms with Crippen molar-refractivity contribution in [2.24, 2.45) is 5.10 Å². The van der Waals surface area contributed by atoms with Crippen molar-refractivity contribution in [3.63, 3.8) is 0 Å². The first-order valence-corrected chi connectivity index (χ1v) is 8.54. The fourth-order valence-corrected chi connectivity index (χ4v) is 3.61. The number of benzene rings is 1. The Labute approximate surface area is 156 Å². The van der Waals surface area contributed by atoms with Crippen LogP contribution in [-0.2, 0) is 0 Å². The number of amides is 1. The average Bonchev–Trinajstić information content (AvgIpc) is 2.44. The Hall–Kier alpha value is -0.750. The molecule has 1 amide bonds. The molecule has 0 atom stereocenters. The van der Waals surface area contributed by atoms with Crippen molar-refractivity contribution in [3.8, 4) is 5.75 Å². The summed E-state index contributed by atoms with van der Waals surface area (Å²) in [6.07, 6.45) is 4.58. The number of carbonyl (C=O) groups is 1. The highest BCUT2D eigenvalue weighted by molar-refractivity contribution is 14.1. The molecule has 0 bridgehead atoms. The van der Waals surface area contributed by atoms with E-state index in [1.54, 1.807) is 24.4 Å². The predicted octanol–water partition coefficient (Wildman–Crippen LogP) is 3.52. The molecule has 0 aliphatic rings. The van der Waals surface area contributed by atoms with Gasteiger partial charge in [0.25, 0.3) is 5.91 Å². The number of aromatic nitrogens is 1. The summed E-state index contributed by atoms with van der Waals surface area (Å²) in [6.45, 7) is 0. The fraction of sp³-hybridized carbons (Fsp3) is 0. The molecular formula is C13H8BrI2N3O2. The number of phenolic OH excluding ortho intramolecular Hbond substituents is 1. The van der Waals surface area contributed by atoms with Gasteiger partial charge in [0, 0.05) is 16.9 Å². The van der Waals surface area contributed by atoms with Gasteiger partial charge >= 0.3 is 0 Å². The lowest BCUT2D eigenvalue weighted by molar-refractivity contribution is 0.0954. The number of nitrogens with zero attached hydrogens (tertiary/aromatic N) is 2. The molecule has 21 heavy (non-hydrogen) atoms. The molecule has 108 valence electrons. The van der Waals surface area contributed by atoms with E-state index in [0.717, 1.165) is 17.2 Å². The number of rotatable bonds is 3. The highest BCUT2D eigenvalue weighted by atomic mass is 127. The van der Waals surface area contributed by atoms with Gasteiger partial charge in [-0.1, -0.05) is 0 Å². The van der Waals surface area contributed by atoms with Crippen LogP contribution in [0.1, 0.15) is 15.9 Å². The minimum absolute atomic E-state index is 0.248. The molecule has 0 unspecified atom stereocenters. The number of hydrogen-bond acceptors (Lipinski definition) is 4. The van der Waals surface area contributed by atoms with E-state index in [-0.39, 0.29) is 11.7 Å². The standard InChI is InChI=1S/C13H8BrI2N3O2/c14-9-3-8(5-17-6-9)13(21)19-18-4-7-1-10(15)12(20)11(16)2-7/h1-6,20H,(H,19,21)/b18-4+. The first-order chi connectivity index (χ1) is 9.97. The molecular weight excluding hydrogens is 564 g/mol. The van der Waals surface area contributed by atoms with Crippen LogP contribution in [0.4, 0.5) is 0 Å². The van der Waals surface area contributed by atoms with Gasteiger partial charge in [-0.15, -0.1) is 0 Å². The molecule has 1 aromatic heterocycles. The largest absolute Gasteiger partial charge is 0.506 e. The van der Waals surface area contributed by atoms with Gasteiger partial charge in [0.2, 0.25) is 0 Å². The number of hydrogen-bond donors (Lipinski definition) is 2. The second-order valence-electron chi connectivity index (χ2n) is 3.92. The topological polar surface area (TPSA) is 74.6 Å². The van der Waals surface area contributed by atoms with Crippen LogP contribution in [0.2, 0.25) is 0 Å². The van der Waals surface area contributed by atoms with Crippen molar-refractivity contribution in [2.75, 3.05) is 0 Å². The van der Waals surface area contributed by atoms with Gasteiger partial charge in [0.05, 0.1) is 18.9 Å². The Kier molecular flexibility index (Phi) is 5.93. The summed E-state index contributed by atoms with van der Waals surface area (Å²) in [5.74, 6) is -0.0965. The Morgan fingerprint density at radius 1 is 1.29 bits per heavy atom. The molecule has 0 aliphatic carbocycles. The van der Waals surface area contributed by atoms with Crippen molar-refractivity contribution < 1.29 is 9.90 Å². The third kappa shape index (κ3) is 4.61. The number of hydrazone groups is 1. The van der Waals surface area contributed by atoms with Crippen LogP contribution in [0, 0.1) is 7.14 Å². The molecule has 0 radical (unpaired) electrons. The lowest BCUT2D eigenvalue weighted by atomic mass is 10.2. The summed E-state index contributed by atoms with van der Waals surface area (Å²) in [5, 5.41) is 13.6. The zero-order valence-electron chi connectivity index (χ0n) is 10.3. The number of nitrogens with one attached hydrogen (secondary N) is 1. The first-order valence-electron chi connectivity index (χ1n) is 5.59. The van der Waals surface area contributed by atoms with Gasteiger partial charge < -0.3 is 5.11 Å². The van der Waals surface area contributed by atoms with Gasteiger partial charge in [0.1, 0.15) is 5.75 Å². The summed E-state index contributed by atoms with van der Waals surface area (Å²) < 4.78 is 2.17. The highest BCUT2D eigenvalue weighted by Gasteiger charge is 2.06. The molecule has 0 saturated heterocycles. The Morgan fingerprint density at radius 2 is 1.95 bits per heavy atom. The van der Waals surface area contributed by atoms with Gasteiger partial charge in [-0.05, 0) is 84.9 Å². The number of pyridine rings is 1.